The molecule has 2 aromatic rings. The molecular formula is C20H28ClOP. The summed E-state index contributed by atoms with van der Waals surface area (Å²) in [6.45, 7) is 9.78. The van der Waals surface area contributed by atoms with Gasteiger partial charge in [0.05, 0.1) is 0 Å². The summed E-state index contributed by atoms with van der Waals surface area (Å²) in [6, 6.07) is 8.69. The van der Waals surface area contributed by atoms with Crippen LogP contribution in [0.15, 0.2) is 24.3 Å². The zero-order chi connectivity index (χ0) is 17.4. The fraction of sp³-hybridized carbons (Fsp3) is 0.400. The van der Waals surface area contributed by atoms with Crippen LogP contribution in [0.2, 0.25) is 0 Å². The number of hydrogen-bond acceptors (Lipinski definition) is 1. The van der Waals surface area contributed by atoms with E-state index >= 15 is 0 Å². The summed E-state index contributed by atoms with van der Waals surface area (Å²) in [5, 5.41) is 0. The van der Waals surface area contributed by atoms with Crippen LogP contribution in [-0.2, 0) is 12.3 Å². The third-order valence-corrected chi connectivity index (χ3v) is 7.17. The Labute approximate surface area is 145 Å². The van der Waals surface area contributed by atoms with Crippen molar-refractivity contribution in [1.29, 1.82) is 0 Å². The number of hydrogen-bond donors (Lipinski definition) is 1. The molecule has 0 saturated heterocycles. The fourth-order valence-corrected chi connectivity index (χ4v) is 6.71. The first kappa shape index (κ1) is 18.5. The van der Waals surface area contributed by atoms with E-state index in [4.69, 9.17) is 11.2 Å². The molecule has 0 unspecified atom stereocenters. The molecule has 2 rings (SSSR count). The van der Waals surface area contributed by atoms with Crippen molar-refractivity contribution in [2.45, 2.75) is 53.9 Å². The molecular weight excluding hydrogens is 323 g/mol. The zero-order valence-corrected chi connectivity index (χ0v) is 16.8. The average Bonchev–Trinajstić information content (AvgIpc) is 2.38. The predicted octanol–water partition coefficient (Wildman–Crippen LogP) is 6.05. The summed E-state index contributed by atoms with van der Waals surface area (Å²) < 4.78 is 0. The third-order valence-electron chi connectivity index (χ3n) is 4.58. The summed E-state index contributed by atoms with van der Waals surface area (Å²) in [5.74, 6) is 0. The van der Waals surface area contributed by atoms with Crippen LogP contribution in [0.1, 0.15) is 44.5 Å². The summed E-state index contributed by atoms with van der Waals surface area (Å²) in [4.78, 5) is 11.0. The summed E-state index contributed by atoms with van der Waals surface area (Å²) in [6.07, 6.45) is 1.19. The Morgan fingerprint density at radius 2 is 0.957 bits per heavy atom. The molecule has 0 amide bonds. The molecule has 126 valence electrons. The van der Waals surface area contributed by atoms with Gasteiger partial charge in [0.15, 0.2) is 0 Å². The molecule has 2 aromatic carbocycles. The van der Waals surface area contributed by atoms with E-state index in [9.17, 15) is 4.89 Å². The quantitative estimate of drug-likeness (QED) is 0.665. The Morgan fingerprint density at radius 1 is 0.696 bits per heavy atom. The summed E-state index contributed by atoms with van der Waals surface area (Å²) >= 11 is 6.67. The van der Waals surface area contributed by atoms with E-state index in [2.05, 4.69) is 65.8 Å². The van der Waals surface area contributed by atoms with Gasteiger partial charge in [0.25, 0.3) is 0 Å². The van der Waals surface area contributed by atoms with Crippen LogP contribution in [0, 0.1) is 41.5 Å². The maximum absolute atomic E-state index is 11.0. The van der Waals surface area contributed by atoms with Crippen LogP contribution in [0.4, 0.5) is 0 Å². The van der Waals surface area contributed by atoms with Crippen LogP contribution in [0.5, 0.6) is 0 Å². The van der Waals surface area contributed by atoms with E-state index in [1.807, 2.05) is 0 Å². The van der Waals surface area contributed by atoms with Crippen LogP contribution < -0.4 is 0 Å². The van der Waals surface area contributed by atoms with Crippen LogP contribution in [-0.4, -0.2) is 4.89 Å². The molecule has 0 aromatic heterocycles. The molecule has 23 heavy (non-hydrogen) atoms. The van der Waals surface area contributed by atoms with Gasteiger partial charge in [0.1, 0.15) is 0 Å². The van der Waals surface area contributed by atoms with Gasteiger partial charge >= 0.3 is 146 Å². The first-order valence-electron chi connectivity index (χ1n) is 8.14. The third kappa shape index (κ3) is 4.57. The van der Waals surface area contributed by atoms with Crippen molar-refractivity contribution < 1.29 is 4.89 Å². The van der Waals surface area contributed by atoms with Crippen molar-refractivity contribution in [2.75, 3.05) is 0 Å². The number of benzene rings is 2. The van der Waals surface area contributed by atoms with Crippen molar-refractivity contribution in [3.63, 3.8) is 0 Å². The average molecular weight is 351 g/mol. The second kappa shape index (κ2) is 6.93. The van der Waals surface area contributed by atoms with E-state index < -0.39 is 6.84 Å². The molecule has 0 aliphatic rings. The van der Waals surface area contributed by atoms with Gasteiger partial charge in [-0.05, 0) is 0 Å². The Hall–Kier alpha value is -0.880. The van der Waals surface area contributed by atoms with Crippen molar-refractivity contribution >= 4 is 18.1 Å². The Balaban J connectivity index is 2.30. The van der Waals surface area contributed by atoms with Gasteiger partial charge in [-0.25, -0.2) is 0 Å². The SMILES string of the molecule is Cc1cc(C)c(C[PH](O)(Cl)Cc2c(C)cc(C)cc2C)c(C)c1. The van der Waals surface area contributed by atoms with Gasteiger partial charge in [-0.1, -0.05) is 0 Å². The van der Waals surface area contributed by atoms with Gasteiger partial charge in [-0.2, -0.15) is 0 Å². The van der Waals surface area contributed by atoms with Crippen molar-refractivity contribution in [1.82, 2.24) is 0 Å². The van der Waals surface area contributed by atoms with E-state index in [-0.39, 0.29) is 0 Å². The molecule has 0 bridgehead atoms. The standard InChI is InChI=1S/C20H28ClOP/c1-13-7-15(3)19(16(4)8-13)11-23(21,22)12-20-17(5)9-14(2)10-18(20)6/h7-10,22-23H,11-12H2,1-6H3. The summed E-state index contributed by atoms with van der Waals surface area (Å²) in [7, 11) is 0. The molecule has 0 radical (unpaired) electrons. The minimum absolute atomic E-state index is 0.596. The summed E-state index contributed by atoms with van der Waals surface area (Å²) in [5.41, 5.74) is 9.85. The van der Waals surface area contributed by atoms with Gasteiger partial charge in [-0.3, -0.25) is 0 Å². The fourth-order valence-electron chi connectivity index (χ4n) is 3.58. The predicted molar refractivity (Wildman–Crippen MR) is 105 cm³/mol. The molecule has 0 spiro atoms. The topological polar surface area (TPSA) is 20.2 Å². The van der Waals surface area contributed by atoms with Crippen molar-refractivity contribution in [2.24, 2.45) is 0 Å². The molecule has 0 heterocycles. The van der Waals surface area contributed by atoms with Gasteiger partial charge in [0.2, 0.25) is 0 Å². The van der Waals surface area contributed by atoms with Gasteiger partial charge < -0.3 is 0 Å². The Kier molecular flexibility index (Phi) is 5.56. The normalized spacial score (nSPS) is 12.5. The minimum atomic E-state index is -2.87. The molecule has 0 atom stereocenters. The molecule has 1 N–H and O–H groups in total. The first-order chi connectivity index (χ1) is 10.6. The monoisotopic (exact) mass is 350 g/mol. The molecule has 0 aliphatic heterocycles. The van der Waals surface area contributed by atoms with Crippen molar-refractivity contribution in [3.05, 3.63) is 68.8 Å². The number of aryl methyl sites for hydroxylation is 6. The van der Waals surface area contributed by atoms with Gasteiger partial charge in [0, 0.05) is 0 Å². The van der Waals surface area contributed by atoms with Crippen LogP contribution in [0.25, 0.3) is 0 Å². The Morgan fingerprint density at radius 3 is 1.22 bits per heavy atom. The Bertz CT molecular complexity index is 627. The zero-order valence-electron chi connectivity index (χ0n) is 15.0. The van der Waals surface area contributed by atoms with Gasteiger partial charge in [-0.15, -0.1) is 0 Å². The number of rotatable bonds is 4. The van der Waals surface area contributed by atoms with E-state index in [1.165, 1.54) is 44.5 Å². The molecule has 0 fully saturated rings. The molecule has 0 aliphatic carbocycles. The molecule has 0 saturated carbocycles. The number of halogens is 1. The molecule has 3 heteroatoms. The van der Waals surface area contributed by atoms with Crippen LogP contribution >= 0.6 is 18.1 Å². The van der Waals surface area contributed by atoms with E-state index in [0.717, 1.165) is 0 Å². The maximum atomic E-state index is 11.0. The van der Waals surface area contributed by atoms with Crippen molar-refractivity contribution in [3.8, 4) is 0 Å². The van der Waals surface area contributed by atoms with E-state index in [1.54, 1.807) is 0 Å². The van der Waals surface area contributed by atoms with Crippen LogP contribution in [0.3, 0.4) is 0 Å². The second-order valence-corrected chi connectivity index (χ2v) is 11.7. The second-order valence-electron chi connectivity index (χ2n) is 7.03. The first-order valence-corrected chi connectivity index (χ1v) is 11.5. The van der Waals surface area contributed by atoms with E-state index in [0.29, 0.717) is 12.3 Å². The molecule has 1 nitrogen and oxygen atoms in total.